The number of nitrogens with one attached hydrogen (secondary N) is 1. The highest BCUT2D eigenvalue weighted by Crippen LogP contribution is 2.68. The molecule has 216 valence electrons. The monoisotopic (exact) mass is 541 g/mol. The number of aliphatic carboxylic acids is 1. The summed E-state index contributed by atoms with van der Waals surface area (Å²) in [6, 6.07) is 4.94. The molecule has 1 aromatic rings. The van der Waals surface area contributed by atoms with Crippen molar-refractivity contribution in [1.82, 2.24) is 5.32 Å². The fraction of sp³-hybridized carbons (Fsp3) is 0.742. The summed E-state index contributed by atoms with van der Waals surface area (Å²) in [5.41, 5.74) is 12.9. The number of carboxylic acids is 1. The minimum Gasteiger partial charge on any atom is -0.481 e. The summed E-state index contributed by atoms with van der Waals surface area (Å²) in [5.74, 6) is 0.439. The Labute approximate surface area is 231 Å². The van der Waals surface area contributed by atoms with Crippen molar-refractivity contribution in [3.05, 3.63) is 23.8 Å². The number of nitrogens with two attached hydrogens (primary N) is 2. The zero-order valence-electron chi connectivity index (χ0n) is 23.6. The number of carbonyl (C=O) groups is 2. The number of anilines is 2. The lowest BCUT2D eigenvalue weighted by Crippen LogP contribution is -2.63. The van der Waals surface area contributed by atoms with Crippen LogP contribution in [0.5, 0.6) is 0 Å². The summed E-state index contributed by atoms with van der Waals surface area (Å²) in [4.78, 5) is 24.2. The maximum absolute atomic E-state index is 13.0. The Balaban J connectivity index is 1.31. The molecule has 4 fully saturated rings. The number of aliphatic hydroxyl groups is 2. The van der Waals surface area contributed by atoms with Gasteiger partial charge in [-0.05, 0) is 116 Å². The van der Waals surface area contributed by atoms with Gasteiger partial charge in [-0.25, -0.2) is 0 Å². The largest absolute Gasteiger partial charge is 0.481 e. The first-order valence-corrected chi connectivity index (χ1v) is 14.9. The van der Waals surface area contributed by atoms with E-state index in [9.17, 15) is 24.9 Å². The van der Waals surface area contributed by atoms with Crippen LogP contribution in [-0.4, -0.2) is 45.4 Å². The lowest BCUT2D eigenvalue weighted by Gasteiger charge is -2.63. The summed E-state index contributed by atoms with van der Waals surface area (Å²) in [5, 5.41) is 35.8. The Morgan fingerprint density at radius 3 is 2.38 bits per heavy atom. The van der Waals surface area contributed by atoms with Gasteiger partial charge in [0.25, 0.3) is 5.91 Å². The Morgan fingerprint density at radius 2 is 1.72 bits per heavy atom. The zero-order chi connectivity index (χ0) is 28.3. The number of nitrogen functional groups attached to an aromatic ring is 2. The molecule has 0 bridgehead atoms. The van der Waals surface area contributed by atoms with Crippen LogP contribution in [0.1, 0.15) is 88.9 Å². The average Bonchev–Trinajstić information content (AvgIpc) is 3.22. The van der Waals surface area contributed by atoms with Crippen LogP contribution < -0.4 is 16.8 Å². The van der Waals surface area contributed by atoms with Gasteiger partial charge >= 0.3 is 5.97 Å². The molecule has 8 heteroatoms. The van der Waals surface area contributed by atoms with Crippen LogP contribution in [0.4, 0.5) is 11.4 Å². The third-order valence-corrected chi connectivity index (χ3v) is 11.9. The molecule has 0 aliphatic heterocycles. The summed E-state index contributed by atoms with van der Waals surface area (Å²) in [6.07, 6.45) is 5.89. The third-order valence-electron chi connectivity index (χ3n) is 11.9. The lowest BCUT2D eigenvalue weighted by atomic mass is 9.43. The van der Waals surface area contributed by atoms with Crippen LogP contribution in [0.2, 0.25) is 0 Å². The highest BCUT2D eigenvalue weighted by atomic mass is 16.4. The van der Waals surface area contributed by atoms with Gasteiger partial charge in [-0.2, -0.15) is 0 Å². The molecule has 0 radical (unpaired) electrons. The molecule has 1 amide bonds. The number of benzene rings is 1. The molecule has 4 aliphatic rings. The van der Waals surface area contributed by atoms with E-state index in [0.717, 1.165) is 38.5 Å². The molecule has 4 saturated carbocycles. The second kappa shape index (κ2) is 10.3. The second-order valence-corrected chi connectivity index (χ2v) is 13.8. The van der Waals surface area contributed by atoms with Gasteiger partial charge in [0.05, 0.1) is 12.2 Å². The molecular formula is C31H47N3O5. The zero-order valence-corrected chi connectivity index (χ0v) is 23.6. The van der Waals surface area contributed by atoms with Gasteiger partial charge < -0.3 is 32.1 Å². The average molecular weight is 542 g/mol. The highest BCUT2D eigenvalue weighted by molar-refractivity contribution is 5.96. The van der Waals surface area contributed by atoms with E-state index < -0.39 is 18.2 Å². The fourth-order valence-corrected chi connectivity index (χ4v) is 9.91. The number of fused-ring (bicyclic) bond motifs is 5. The van der Waals surface area contributed by atoms with Crippen molar-refractivity contribution >= 4 is 23.3 Å². The Morgan fingerprint density at radius 1 is 1.03 bits per heavy atom. The molecule has 5 rings (SSSR count). The van der Waals surface area contributed by atoms with E-state index >= 15 is 0 Å². The molecule has 4 aliphatic carbocycles. The minimum atomic E-state index is -0.767. The van der Waals surface area contributed by atoms with Gasteiger partial charge in [-0.15, -0.1) is 0 Å². The molecule has 1 aromatic carbocycles. The SMILES string of the molecule is C[C@H](CCC(=O)O)[C@H]1CC[C@H]2[C@@H]3[C@H](O)C[C@@H]4C[C@@H](NC(=O)c5cc(N)cc(N)c5)CC[C@]4(C)[C@H]3C[C@H](O)[C@]12C. The summed E-state index contributed by atoms with van der Waals surface area (Å²) in [6.45, 7) is 6.71. The first kappa shape index (κ1) is 28.2. The smallest absolute Gasteiger partial charge is 0.303 e. The predicted molar refractivity (Wildman–Crippen MR) is 151 cm³/mol. The highest BCUT2D eigenvalue weighted by Gasteiger charge is 2.65. The first-order chi connectivity index (χ1) is 18.3. The van der Waals surface area contributed by atoms with E-state index in [1.807, 2.05) is 0 Å². The van der Waals surface area contributed by atoms with Crippen molar-refractivity contribution in [2.24, 2.45) is 46.3 Å². The fourth-order valence-electron chi connectivity index (χ4n) is 9.91. The number of hydrogen-bond donors (Lipinski definition) is 6. The summed E-state index contributed by atoms with van der Waals surface area (Å²) < 4.78 is 0. The predicted octanol–water partition coefficient (Wildman–Crippen LogP) is 4.05. The van der Waals surface area contributed by atoms with Gasteiger partial charge in [0.1, 0.15) is 0 Å². The van der Waals surface area contributed by atoms with Crippen molar-refractivity contribution in [3.63, 3.8) is 0 Å². The Bertz CT molecular complexity index is 1090. The number of rotatable bonds is 6. The van der Waals surface area contributed by atoms with E-state index in [2.05, 4.69) is 26.1 Å². The van der Waals surface area contributed by atoms with Gasteiger partial charge in [0, 0.05) is 29.4 Å². The number of hydrogen-bond acceptors (Lipinski definition) is 6. The van der Waals surface area contributed by atoms with Crippen LogP contribution in [0, 0.1) is 46.3 Å². The molecule has 8 N–H and O–H groups in total. The third kappa shape index (κ3) is 4.82. The topological polar surface area (TPSA) is 159 Å². The van der Waals surface area contributed by atoms with Crippen LogP contribution in [0.25, 0.3) is 0 Å². The first-order valence-electron chi connectivity index (χ1n) is 14.9. The molecule has 0 heterocycles. The molecular weight excluding hydrogens is 494 g/mol. The second-order valence-electron chi connectivity index (χ2n) is 13.8. The number of carboxylic acid groups (broad SMARTS) is 1. The maximum atomic E-state index is 13.0. The standard InChI is InChI=1S/C31H47N3O5/c1-16(4-7-27(37)38)22-5-6-23-28-24(15-26(36)31(22,23)3)30(2)9-8-21(12-18(30)13-25(28)35)34-29(39)17-10-19(32)14-20(33)11-17/h10-11,14,16,18,21-26,28,35-36H,4-9,12-13,15,32-33H2,1-3H3,(H,34,39)(H,37,38)/t16-,18+,21+,22-,23+,24+,25-,26+,28+,30+,31-/m1/s1. The van der Waals surface area contributed by atoms with Crippen molar-refractivity contribution < 1.29 is 24.9 Å². The normalized spacial score (nSPS) is 42.1. The van der Waals surface area contributed by atoms with E-state index in [1.54, 1.807) is 18.2 Å². The molecule has 8 nitrogen and oxygen atoms in total. The molecule has 0 aromatic heterocycles. The summed E-state index contributed by atoms with van der Waals surface area (Å²) >= 11 is 0. The van der Waals surface area contributed by atoms with Crippen molar-refractivity contribution in [1.29, 1.82) is 0 Å². The Hall–Kier alpha value is -2.32. The molecule has 0 spiro atoms. The molecule has 39 heavy (non-hydrogen) atoms. The molecule has 0 saturated heterocycles. The van der Waals surface area contributed by atoms with Gasteiger partial charge in [0.15, 0.2) is 0 Å². The number of carbonyl (C=O) groups excluding carboxylic acids is 1. The van der Waals surface area contributed by atoms with Gasteiger partial charge in [0.2, 0.25) is 0 Å². The van der Waals surface area contributed by atoms with Crippen molar-refractivity contribution in [2.75, 3.05) is 11.5 Å². The quantitative estimate of drug-likeness (QED) is 0.296. The van der Waals surface area contributed by atoms with Crippen LogP contribution in [-0.2, 0) is 4.79 Å². The van der Waals surface area contributed by atoms with E-state index in [0.29, 0.717) is 29.8 Å². The lowest BCUT2D eigenvalue weighted by molar-refractivity contribution is -0.202. The molecule has 0 unspecified atom stereocenters. The minimum absolute atomic E-state index is 0.00203. The number of aliphatic hydroxyl groups excluding tert-OH is 2. The molecule has 11 atom stereocenters. The van der Waals surface area contributed by atoms with E-state index in [-0.39, 0.29) is 64.7 Å². The van der Waals surface area contributed by atoms with Crippen LogP contribution in [0.3, 0.4) is 0 Å². The van der Waals surface area contributed by atoms with Gasteiger partial charge in [-0.1, -0.05) is 20.8 Å². The maximum Gasteiger partial charge on any atom is 0.303 e. The van der Waals surface area contributed by atoms with Crippen LogP contribution >= 0.6 is 0 Å². The van der Waals surface area contributed by atoms with Crippen molar-refractivity contribution in [3.8, 4) is 0 Å². The van der Waals surface area contributed by atoms with Crippen molar-refractivity contribution in [2.45, 2.75) is 96.8 Å². The summed E-state index contributed by atoms with van der Waals surface area (Å²) in [7, 11) is 0. The Kier molecular flexibility index (Phi) is 7.42. The number of amides is 1. The van der Waals surface area contributed by atoms with E-state index in [4.69, 9.17) is 11.5 Å². The van der Waals surface area contributed by atoms with Gasteiger partial charge in [-0.3, -0.25) is 9.59 Å². The van der Waals surface area contributed by atoms with E-state index in [1.165, 1.54) is 0 Å². The van der Waals surface area contributed by atoms with Crippen LogP contribution in [0.15, 0.2) is 18.2 Å².